The SMILES string of the molecule is O=C(Oc1ccc2c(-c3ccc(F)cc3)noc2c1)c1ccccc1. The van der Waals surface area contributed by atoms with Crippen molar-refractivity contribution in [3.63, 3.8) is 0 Å². The van der Waals surface area contributed by atoms with Gasteiger partial charge < -0.3 is 9.26 Å². The fourth-order valence-corrected chi connectivity index (χ4v) is 2.54. The lowest BCUT2D eigenvalue weighted by molar-refractivity contribution is 0.0735. The summed E-state index contributed by atoms with van der Waals surface area (Å²) in [5.74, 6) is -0.395. The van der Waals surface area contributed by atoms with Gasteiger partial charge in [-0.3, -0.25) is 0 Å². The Hall–Kier alpha value is -3.47. The average molecular weight is 333 g/mol. The van der Waals surface area contributed by atoms with Crippen LogP contribution in [0.2, 0.25) is 0 Å². The summed E-state index contributed by atoms with van der Waals surface area (Å²) in [4.78, 5) is 12.1. The van der Waals surface area contributed by atoms with Crippen molar-refractivity contribution in [3.8, 4) is 17.0 Å². The van der Waals surface area contributed by atoms with E-state index >= 15 is 0 Å². The van der Waals surface area contributed by atoms with Crippen LogP contribution in [-0.4, -0.2) is 11.1 Å². The van der Waals surface area contributed by atoms with E-state index in [1.165, 1.54) is 12.1 Å². The number of carbonyl (C=O) groups excluding carboxylic acids is 1. The minimum absolute atomic E-state index is 0.313. The Morgan fingerprint density at radius 2 is 1.72 bits per heavy atom. The van der Waals surface area contributed by atoms with Crippen LogP contribution in [0.4, 0.5) is 4.39 Å². The van der Waals surface area contributed by atoms with Crippen LogP contribution in [0.3, 0.4) is 0 Å². The Bertz CT molecular complexity index is 1040. The van der Waals surface area contributed by atoms with Crippen LogP contribution in [-0.2, 0) is 0 Å². The smallest absolute Gasteiger partial charge is 0.343 e. The maximum absolute atomic E-state index is 13.1. The van der Waals surface area contributed by atoms with Crippen molar-refractivity contribution >= 4 is 16.9 Å². The van der Waals surface area contributed by atoms with Crippen LogP contribution in [0.1, 0.15) is 10.4 Å². The first-order valence-electron chi connectivity index (χ1n) is 7.63. The van der Waals surface area contributed by atoms with Crippen LogP contribution in [0.5, 0.6) is 5.75 Å². The van der Waals surface area contributed by atoms with E-state index in [4.69, 9.17) is 9.26 Å². The number of nitrogens with zero attached hydrogens (tertiary/aromatic N) is 1. The van der Waals surface area contributed by atoms with Crippen LogP contribution >= 0.6 is 0 Å². The summed E-state index contributed by atoms with van der Waals surface area (Å²) in [5, 5.41) is 4.79. The third-order valence-electron chi connectivity index (χ3n) is 3.78. The maximum Gasteiger partial charge on any atom is 0.343 e. The van der Waals surface area contributed by atoms with Crippen molar-refractivity contribution < 1.29 is 18.4 Å². The molecule has 0 unspecified atom stereocenters. The molecular weight excluding hydrogens is 321 g/mol. The molecule has 0 fully saturated rings. The molecule has 0 aliphatic heterocycles. The third-order valence-corrected chi connectivity index (χ3v) is 3.78. The first-order valence-corrected chi connectivity index (χ1v) is 7.63. The van der Waals surface area contributed by atoms with Crippen molar-refractivity contribution in [2.75, 3.05) is 0 Å². The fraction of sp³-hybridized carbons (Fsp3) is 0. The Labute approximate surface area is 142 Å². The Balaban J connectivity index is 1.63. The molecule has 0 saturated carbocycles. The van der Waals surface area contributed by atoms with E-state index in [2.05, 4.69) is 5.16 Å². The highest BCUT2D eigenvalue weighted by Gasteiger charge is 2.13. The molecule has 1 heterocycles. The Morgan fingerprint density at radius 3 is 2.48 bits per heavy atom. The zero-order valence-corrected chi connectivity index (χ0v) is 13.0. The van der Waals surface area contributed by atoms with Gasteiger partial charge in [-0.2, -0.15) is 0 Å². The first kappa shape index (κ1) is 15.1. The zero-order valence-electron chi connectivity index (χ0n) is 13.0. The zero-order chi connectivity index (χ0) is 17.2. The highest BCUT2D eigenvalue weighted by molar-refractivity contribution is 5.94. The van der Waals surface area contributed by atoms with Gasteiger partial charge in [0.05, 0.1) is 5.56 Å². The molecule has 0 N–H and O–H groups in total. The van der Waals surface area contributed by atoms with E-state index in [1.54, 1.807) is 54.6 Å². The van der Waals surface area contributed by atoms with Crippen LogP contribution in [0.15, 0.2) is 77.3 Å². The van der Waals surface area contributed by atoms with Gasteiger partial charge in [0.2, 0.25) is 0 Å². The molecule has 0 amide bonds. The van der Waals surface area contributed by atoms with E-state index in [9.17, 15) is 9.18 Å². The fourth-order valence-electron chi connectivity index (χ4n) is 2.54. The van der Waals surface area contributed by atoms with E-state index in [0.717, 1.165) is 10.9 Å². The monoisotopic (exact) mass is 333 g/mol. The number of ether oxygens (including phenoxy) is 1. The van der Waals surface area contributed by atoms with E-state index < -0.39 is 5.97 Å². The molecular formula is C20H12FNO3. The molecule has 5 heteroatoms. The molecule has 4 rings (SSSR count). The molecule has 3 aromatic carbocycles. The molecule has 0 aliphatic rings. The highest BCUT2D eigenvalue weighted by atomic mass is 19.1. The lowest BCUT2D eigenvalue weighted by Gasteiger charge is -2.04. The second kappa shape index (κ2) is 6.20. The highest BCUT2D eigenvalue weighted by Crippen LogP contribution is 2.30. The lowest BCUT2D eigenvalue weighted by atomic mass is 10.1. The number of benzene rings is 3. The lowest BCUT2D eigenvalue weighted by Crippen LogP contribution is -2.07. The molecule has 25 heavy (non-hydrogen) atoms. The van der Waals surface area contributed by atoms with Crippen molar-refractivity contribution in [1.82, 2.24) is 5.16 Å². The molecule has 0 atom stereocenters. The molecule has 122 valence electrons. The summed E-state index contributed by atoms with van der Waals surface area (Å²) >= 11 is 0. The number of halogens is 1. The van der Waals surface area contributed by atoms with Crippen molar-refractivity contribution in [2.24, 2.45) is 0 Å². The van der Waals surface area contributed by atoms with Gasteiger partial charge in [-0.05, 0) is 48.5 Å². The molecule has 4 nitrogen and oxygen atoms in total. The van der Waals surface area contributed by atoms with Crippen molar-refractivity contribution in [1.29, 1.82) is 0 Å². The average Bonchev–Trinajstić information content (AvgIpc) is 3.06. The van der Waals surface area contributed by atoms with Gasteiger partial charge in [0.15, 0.2) is 5.58 Å². The number of hydrogen-bond acceptors (Lipinski definition) is 4. The summed E-state index contributed by atoms with van der Waals surface area (Å²) in [5.41, 5.74) is 2.30. The van der Waals surface area contributed by atoms with Crippen molar-refractivity contribution in [2.45, 2.75) is 0 Å². The predicted molar refractivity (Wildman–Crippen MR) is 90.8 cm³/mol. The van der Waals surface area contributed by atoms with Gasteiger partial charge in [-0.1, -0.05) is 23.4 Å². The van der Waals surface area contributed by atoms with Gasteiger partial charge in [-0.15, -0.1) is 0 Å². The molecule has 1 aromatic heterocycles. The summed E-state index contributed by atoms with van der Waals surface area (Å²) in [6.45, 7) is 0. The summed E-state index contributed by atoms with van der Waals surface area (Å²) in [7, 11) is 0. The number of carbonyl (C=O) groups is 1. The van der Waals surface area contributed by atoms with Gasteiger partial charge in [-0.25, -0.2) is 9.18 Å². The minimum Gasteiger partial charge on any atom is -0.423 e. The van der Waals surface area contributed by atoms with Gasteiger partial charge >= 0.3 is 5.97 Å². The first-order chi connectivity index (χ1) is 12.2. The molecule has 4 aromatic rings. The maximum atomic E-state index is 13.1. The van der Waals surface area contributed by atoms with Crippen LogP contribution < -0.4 is 4.74 Å². The summed E-state index contributed by atoms with van der Waals surface area (Å²) < 4.78 is 23.8. The minimum atomic E-state index is -0.446. The third kappa shape index (κ3) is 2.99. The summed E-state index contributed by atoms with van der Waals surface area (Å²) in [6, 6.07) is 19.8. The largest absolute Gasteiger partial charge is 0.423 e. The number of aromatic nitrogens is 1. The van der Waals surface area contributed by atoms with Gasteiger partial charge in [0.25, 0.3) is 0 Å². The molecule has 0 saturated heterocycles. The van der Waals surface area contributed by atoms with Crippen LogP contribution in [0.25, 0.3) is 22.2 Å². The number of esters is 1. The topological polar surface area (TPSA) is 52.3 Å². The van der Waals surface area contributed by atoms with E-state index in [1.807, 2.05) is 6.07 Å². The molecule has 0 bridgehead atoms. The second-order valence-electron chi connectivity index (χ2n) is 5.45. The van der Waals surface area contributed by atoms with Gasteiger partial charge in [0.1, 0.15) is 17.3 Å². The van der Waals surface area contributed by atoms with Gasteiger partial charge in [0, 0.05) is 17.0 Å². The number of fused-ring (bicyclic) bond motifs is 1. The summed E-state index contributed by atoms with van der Waals surface area (Å²) in [6.07, 6.45) is 0. The molecule has 0 aliphatic carbocycles. The number of hydrogen-bond donors (Lipinski definition) is 0. The second-order valence-corrected chi connectivity index (χ2v) is 5.45. The van der Waals surface area contributed by atoms with E-state index in [0.29, 0.717) is 22.6 Å². The van der Waals surface area contributed by atoms with Crippen molar-refractivity contribution in [3.05, 3.63) is 84.2 Å². The van der Waals surface area contributed by atoms with Crippen LogP contribution in [0, 0.1) is 5.82 Å². The predicted octanol–water partition coefficient (Wildman–Crippen LogP) is 4.85. The Morgan fingerprint density at radius 1 is 0.960 bits per heavy atom. The quantitative estimate of drug-likeness (QED) is 0.397. The Kier molecular flexibility index (Phi) is 3.74. The number of rotatable bonds is 3. The normalized spacial score (nSPS) is 10.8. The van der Waals surface area contributed by atoms with E-state index in [-0.39, 0.29) is 5.82 Å². The molecule has 0 spiro atoms. The standard InChI is InChI=1S/C20H12FNO3/c21-15-8-6-13(7-9-15)19-17-11-10-16(12-18(17)25-22-19)24-20(23)14-4-2-1-3-5-14/h1-12H. The molecule has 0 radical (unpaired) electrons.